The minimum atomic E-state index is -0.475. The van der Waals surface area contributed by atoms with Crippen molar-refractivity contribution < 1.29 is 18.8 Å². The molecule has 160 valence electrons. The van der Waals surface area contributed by atoms with Crippen LogP contribution in [0, 0.1) is 15.9 Å². The number of nitro benzene ring substituents is 1. The first-order valence-corrected chi connectivity index (χ1v) is 10.3. The molecule has 1 N–H and O–H groups in total. The predicted molar refractivity (Wildman–Crippen MR) is 121 cm³/mol. The van der Waals surface area contributed by atoms with Crippen LogP contribution in [0.5, 0.6) is 5.75 Å². The van der Waals surface area contributed by atoms with Crippen LogP contribution in [0.1, 0.15) is 20.8 Å². The maximum Gasteiger partial charge on any atom is 0.281 e. The SMILES string of the molecule is O=C(N/N=C\c1ccc(OCc2ccccc2F)cc1)c1cc2cc([N+](=O)[O-])ccc2s1. The highest BCUT2D eigenvalue weighted by Crippen LogP contribution is 2.28. The van der Waals surface area contributed by atoms with Crippen LogP contribution in [0.2, 0.25) is 0 Å². The van der Waals surface area contributed by atoms with E-state index in [1.807, 2.05) is 0 Å². The van der Waals surface area contributed by atoms with Crippen LogP contribution < -0.4 is 10.2 Å². The van der Waals surface area contributed by atoms with E-state index in [2.05, 4.69) is 10.5 Å². The van der Waals surface area contributed by atoms with E-state index < -0.39 is 10.8 Å². The van der Waals surface area contributed by atoms with Crippen molar-refractivity contribution in [2.24, 2.45) is 5.10 Å². The Morgan fingerprint density at radius 3 is 2.66 bits per heavy atom. The molecule has 0 aliphatic rings. The molecule has 0 bridgehead atoms. The van der Waals surface area contributed by atoms with E-state index in [9.17, 15) is 19.3 Å². The molecule has 0 fully saturated rings. The number of benzene rings is 3. The van der Waals surface area contributed by atoms with Crippen LogP contribution in [0.4, 0.5) is 10.1 Å². The van der Waals surface area contributed by atoms with Crippen molar-refractivity contribution in [3.8, 4) is 5.75 Å². The van der Waals surface area contributed by atoms with E-state index in [0.29, 0.717) is 21.6 Å². The topological polar surface area (TPSA) is 93.8 Å². The largest absolute Gasteiger partial charge is 0.489 e. The Morgan fingerprint density at radius 2 is 1.91 bits per heavy atom. The number of ether oxygens (including phenoxy) is 1. The Hall–Kier alpha value is -4.11. The van der Waals surface area contributed by atoms with Crippen LogP contribution in [-0.2, 0) is 6.61 Å². The fraction of sp³-hybridized carbons (Fsp3) is 0.0435. The molecule has 3 aromatic carbocycles. The number of thiophene rings is 1. The standard InChI is InChI=1S/C23H16FN3O4S/c24-20-4-2-1-3-16(20)14-31-19-8-5-15(6-9-19)13-25-26-23(28)22-12-17-11-18(27(29)30)7-10-21(17)32-22/h1-13H,14H2,(H,26,28)/b25-13-. The monoisotopic (exact) mass is 449 g/mol. The van der Waals surface area contributed by atoms with E-state index in [0.717, 1.165) is 10.3 Å². The zero-order valence-corrected chi connectivity index (χ0v) is 17.3. The number of amides is 1. The van der Waals surface area contributed by atoms with E-state index in [1.54, 1.807) is 54.6 Å². The summed E-state index contributed by atoms with van der Waals surface area (Å²) in [6.45, 7) is 0.120. The summed E-state index contributed by atoms with van der Waals surface area (Å²) in [6, 6.07) is 19.4. The molecule has 1 heterocycles. The fourth-order valence-corrected chi connectivity index (χ4v) is 3.84. The molecule has 1 aromatic heterocycles. The molecular formula is C23H16FN3O4S. The molecule has 4 aromatic rings. The predicted octanol–water partition coefficient (Wildman–Crippen LogP) is 5.29. The summed E-state index contributed by atoms with van der Waals surface area (Å²) in [5, 5.41) is 15.5. The number of rotatable bonds is 7. The average molecular weight is 449 g/mol. The van der Waals surface area contributed by atoms with Gasteiger partial charge in [0.2, 0.25) is 0 Å². The van der Waals surface area contributed by atoms with Gasteiger partial charge in [0, 0.05) is 27.8 Å². The van der Waals surface area contributed by atoms with Crippen molar-refractivity contribution in [2.45, 2.75) is 6.61 Å². The Morgan fingerprint density at radius 1 is 1.12 bits per heavy atom. The molecule has 0 aliphatic carbocycles. The number of nitrogens with zero attached hydrogens (tertiary/aromatic N) is 2. The van der Waals surface area contributed by atoms with Gasteiger partial charge in [0.15, 0.2) is 0 Å². The Kier molecular flexibility index (Phi) is 6.18. The molecule has 0 saturated carbocycles. The zero-order chi connectivity index (χ0) is 22.5. The molecule has 0 aliphatic heterocycles. The molecule has 0 radical (unpaired) electrons. The summed E-state index contributed by atoms with van der Waals surface area (Å²) in [5.74, 6) is -0.146. The molecule has 7 nitrogen and oxygen atoms in total. The van der Waals surface area contributed by atoms with Crippen LogP contribution in [0.15, 0.2) is 77.9 Å². The maximum absolute atomic E-state index is 13.6. The van der Waals surface area contributed by atoms with Gasteiger partial charge >= 0.3 is 0 Å². The van der Waals surface area contributed by atoms with Crippen molar-refractivity contribution in [3.05, 3.63) is 105 Å². The van der Waals surface area contributed by atoms with Crippen molar-refractivity contribution in [2.75, 3.05) is 0 Å². The lowest BCUT2D eigenvalue weighted by Crippen LogP contribution is -2.16. The average Bonchev–Trinajstić information content (AvgIpc) is 3.23. The zero-order valence-electron chi connectivity index (χ0n) is 16.5. The minimum Gasteiger partial charge on any atom is -0.489 e. The van der Waals surface area contributed by atoms with Gasteiger partial charge in [-0.05, 0) is 48.0 Å². The molecule has 9 heteroatoms. The number of fused-ring (bicyclic) bond motifs is 1. The highest BCUT2D eigenvalue weighted by Gasteiger charge is 2.13. The molecule has 0 atom stereocenters. The summed E-state index contributed by atoms with van der Waals surface area (Å²) in [5.41, 5.74) is 3.62. The van der Waals surface area contributed by atoms with E-state index in [4.69, 9.17) is 4.74 Å². The molecule has 1 amide bonds. The van der Waals surface area contributed by atoms with Gasteiger partial charge in [-0.15, -0.1) is 11.3 Å². The number of carbonyl (C=O) groups excluding carboxylic acids is 1. The highest BCUT2D eigenvalue weighted by atomic mass is 32.1. The van der Waals surface area contributed by atoms with Crippen molar-refractivity contribution >= 4 is 39.2 Å². The van der Waals surface area contributed by atoms with Gasteiger partial charge in [0.25, 0.3) is 11.6 Å². The van der Waals surface area contributed by atoms with Gasteiger partial charge in [-0.3, -0.25) is 14.9 Å². The molecule has 32 heavy (non-hydrogen) atoms. The van der Waals surface area contributed by atoms with Crippen molar-refractivity contribution in [3.63, 3.8) is 0 Å². The second-order valence-corrected chi connectivity index (χ2v) is 7.82. The third-order valence-electron chi connectivity index (χ3n) is 4.55. The smallest absolute Gasteiger partial charge is 0.281 e. The first-order chi connectivity index (χ1) is 15.5. The fourth-order valence-electron chi connectivity index (χ4n) is 2.90. The molecule has 0 unspecified atom stereocenters. The van der Waals surface area contributed by atoms with Crippen molar-refractivity contribution in [1.29, 1.82) is 0 Å². The second kappa shape index (κ2) is 9.36. The number of hydrazone groups is 1. The van der Waals surface area contributed by atoms with E-state index in [1.165, 1.54) is 35.8 Å². The Balaban J connectivity index is 1.34. The van der Waals surface area contributed by atoms with Crippen LogP contribution in [0.3, 0.4) is 0 Å². The number of non-ortho nitro benzene ring substituents is 1. The number of nitrogens with one attached hydrogen (secondary N) is 1. The van der Waals surface area contributed by atoms with Crippen LogP contribution in [-0.4, -0.2) is 17.0 Å². The maximum atomic E-state index is 13.6. The first-order valence-electron chi connectivity index (χ1n) is 9.47. The lowest BCUT2D eigenvalue weighted by atomic mass is 10.2. The summed E-state index contributed by atoms with van der Waals surface area (Å²) < 4.78 is 20.0. The number of carbonyl (C=O) groups is 1. The lowest BCUT2D eigenvalue weighted by molar-refractivity contribution is -0.384. The second-order valence-electron chi connectivity index (χ2n) is 6.74. The number of nitro groups is 1. The summed E-state index contributed by atoms with van der Waals surface area (Å²) in [7, 11) is 0. The van der Waals surface area contributed by atoms with E-state index in [-0.39, 0.29) is 18.1 Å². The normalized spacial score (nSPS) is 11.0. The van der Waals surface area contributed by atoms with Gasteiger partial charge < -0.3 is 4.74 Å². The van der Waals surface area contributed by atoms with Crippen molar-refractivity contribution in [1.82, 2.24) is 5.43 Å². The first kappa shape index (κ1) is 21.1. The number of hydrogen-bond donors (Lipinski definition) is 1. The Bertz CT molecular complexity index is 1320. The third kappa shape index (κ3) is 4.96. The Labute approximate surface area is 185 Å². The highest BCUT2D eigenvalue weighted by molar-refractivity contribution is 7.20. The van der Waals surface area contributed by atoms with Gasteiger partial charge in [0.05, 0.1) is 16.0 Å². The summed E-state index contributed by atoms with van der Waals surface area (Å²) in [6.07, 6.45) is 1.48. The number of halogens is 1. The van der Waals surface area contributed by atoms with Gasteiger partial charge in [-0.2, -0.15) is 5.10 Å². The minimum absolute atomic E-state index is 0.0263. The van der Waals surface area contributed by atoms with Crippen LogP contribution in [0.25, 0.3) is 10.1 Å². The third-order valence-corrected chi connectivity index (χ3v) is 5.66. The van der Waals surface area contributed by atoms with Gasteiger partial charge in [-0.1, -0.05) is 18.2 Å². The van der Waals surface area contributed by atoms with Crippen LogP contribution >= 0.6 is 11.3 Å². The molecular weight excluding hydrogens is 433 g/mol. The van der Waals surface area contributed by atoms with Gasteiger partial charge in [0.1, 0.15) is 18.2 Å². The number of hydrogen-bond acceptors (Lipinski definition) is 6. The lowest BCUT2D eigenvalue weighted by Gasteiger charge is -2.07. The van der Waals surface area contributed by atoms with Gasteiger partial charge in [-0.25, -0.2) is 9.82 Å². The molecule has 0 spiro atoms. The quantitative estimate of drug-likeness (QED) is 0.236. The summed E-state index contributed by atoms with van der Waals surface area (Å²) >= 11 is 1.23. The van der Waals surface area contributed by atoms with E-state index >= 15 is 0 Å². The molecule has 4 rings (SSSR count). The summed E-state index contributed by atoms with van der Waals surface area (Å²) in [4.78, 5) is 23.1. The molecule has 0 saturated heterocycles.